The van der Waals surface area contributed by atoms with E-state index in [-0.39, 0.29) is 29.9 Å². The van der Waals surface area contributed by atoms with Crippen molar-refractivity contribution in [3.05, 3.63) is 64.7 Å². The lowest BCUT2D eigenvalue weighted by Crippen LogP contribution is -2.37. The van der Waals surface area contributed by atoms with Crippen LogP contribution >= 0.6 is 35.6 Å². The van der Waals surface area contributed by atoms with Crippen LogP contribution in [0.2, 0.25) is 5.02 Å². The minimum absolute atomic E-state index is 0. The van der Waals surface area contributed by atoms with Gasteiger partial charge in [-0.05, 0) is 48.2 Å². The number of anilines is 1. The van der Waals surface area contributed by atoms with Crippen molar-refractivity contribution in [2.45, 2.75) is 32.7 Å². The molecule has 28 heavy (non-hydrogen) atoms. The van der Waals surface area contributed by atoms with Gasteiger partial charge in [0.25, 0.3) is 0 Å². The van der Waals surface area contributed by atoms with E-state index in [0.29, 0.717) is 13.0 Å². The fourth-order valence-corrected chi connectivity index (χ4v) is 2.72. The standard InChI is InChI=1S/C21H27ClN4O.HI/c1-3-5-20(27)26-19-7-4-6-17(14-19)15-25-21(23-2)24-13-12-16-8-10-18(22)11-9-16;/h4,6-11,14H,3,5,12-13,15H2,1-2H3,(H,26,27)(H2,23,24,25);1H. The zero-order valence-electron chi connectivity index (χ0n) is 16.3. The third-order valence-corrected chi connectivity index (χ3v) is 4.24. The maximum Gasteiger partial charge on any atom is 0.224 e. The van der Waals surface area contributed by atoms with E-state index in [1.54, 1.807) is 7.05 Å². The summed E-state index contributed by atoms with van der Waals surface area (Å²) in [5, 5.41) is 10.3. The van der Waals surface area contributed by atoms with Crippen molar-refractivity contribution in [2.24, 2.45) is 4.99 Å². The molecular weight excluding hydrogens is 487 g/mol. The zero-order chi connectivity index (χ0) is 19.5. The van der Waals surface area contributed by atoms with E-state index in [2.05, 4.69) is 20.9 Å². The molecule has 152 valence electrons. The molecule has 0 radical (unpaired) electrons. The Bertz CT molecular complexity index is 765. The van der Waals surface area contributed by atoms with Crippen molar-refractivity contribution in [1.29, 1.82) is 0 Å². The average molecular weight is 515 g/mol. The Morgan fingerprint density at radius 3 is 2.50 bits per heavy atom. The molecule has 0 spiro atoms. The number of carbonyl (C=O) groups excluding carboxylic acids is 1. The molecule has 7 heteroatoms. The quantitative estimate of drug-likeness (QED) is 0.274. The van der Waals surface area contributed by atoms with E-state index >= 15 is 0 Å². The van der Waals surface area contributed by atoms with Crippen molar-refractivity contribution in [1.82, 2.24) is 10.6 Å². The average Bonchev–Trinajstić information content (AvgIpc) is 2.66. The molecule has 0 aliphatic carbocycles. The Kier molecular flexibility index (Phi) is 11.6. The second kappa shape index (κ2) is 13.4. The van der Waals surface area contributed by atoms with Gasteiger partial charge in [0.1, 0.15) is 0 Å². The van der Waals surface area contributed by atoms with E-state index in [0.717, 1.165) is 41.6 Å². The van der Waals surface area contributed by atoms with Crippen LogP contribution in [0.25, 0.3) is 0 Å². The molecule has 0 aliphatic rings. The number of aliphatic imine (C=N–C) groups is 1. The summed E-state index contributed by atoms with van der Waals surface area (Å²) in [5.74, 6) is 0.784. The van der Waals surface area contributed by atoms with Gasteiger partial charge in [0.15, 0.2) is 5.96 Å². The number of rotatable bonds is 8. The minimum atomic E-state index is 0. The molecule has 0 unspecified atom stereocenters. The molecule has 0 aromatic heterocycles. The minimum Gasteiger partial charge on any atom is -0.356 e. The predicted octanol–water partition coefficient (Wildman–Crippen LogP) is 4.60. The lowest BCUT2D eigenvalue weighted by Gasteiger charge is -2.13. The third kappa shape index (κ3) is 8.93. The van der Waals surface area contributed by atoms with E-state index in [9.17, 15) is 4.79 Å². The number of nitrogens with zero attached hydrogens (tertiary/aromatic N) is 1. The SMILES string of the molecule is CCCC(=O)Nc1cccc(CNC(=NC)NCCc2ccc(Cl)cc2)c1.I. The Balaban J connectivity index is 0.00000392. The van der Waals surface area contributed by atoms with Crippen LogP contribution < -0.4 is 16.0 Å². The first kappa shape index (κ1) is 24.2. The first-order valence-electron chi connectivity index (χ1n) is 9.18. The summed E-state index contributed by atoms with van der Waals surface area (Å²) in [7, 11) is 1.75. The monoisotopic (exact) mass is 514 g/mol. The molecule has 0 bridgehead atoms. The molecule has 0 saturated heterocycles. The van der Waals surface area contributed by atoms with Crippen LogP contribution in [0.4, 0.5) is 5.69 Å². The zero-order valence-corrected chi connectivity index (χ0v) is 19.4. The van der Waals surface area contributed by atoms with Crippen molar-refractivity contribution < 1.29 is 4.79 Å². The predicted molar refractivity (Wildman–Crippen MR) is 129 cm³/mol. The highest BCUT2D eigenvalue weighted by Gasteiger charge is 2.03. The maximum absolute atomic E-state index is 11.7. The first-order valence-corrected chi connectivity index (χ1v) is 9.56. The second-order valence-corrected chi connectivity index (χ2v) is 6.66. The number of halogens is 2. The van der Waals surface area contributed by atoms with Gasteiger partial charge < -0.3 is 16.0 Å². The molecule has 0 fully saturated rings. The largest absolute Gasteiger partial charge is 0.356 e. The summed E-state index contributed by atoms with van der Waals surface area (Å²) in [4.78, 5) is 16.0. The number of carbonyl (C=O) groups is 1. The van der Waals surface area contributed by atoms with Crippen molar-refractivity contribution in [3.8, 4) is 0 Å². The summed E-state index contributed by atoms with van der Waals surface area (Å²) in [6.45, 7) is 3.39. The third-order valence-electron chi connectivity index (χ3n) is 3.99. The summed E-state index contributed by atoms with van der Waals surface area (Å²) in [6.07, 6.45) is 2.26. The summed E-state index contributed by atoms with van der Waals surface area (Å²) >= 11 is 5.90. The molecule has 5 nitrogen and oxygen atoms in total. The number of guanidine groups is 1. The first-order chi connectivity index (χ1) is 13.1. The van der Waals surface area contributed by atoms with Gasteiger partial charge in [-0.15, -0.1) is 24.0 Å². The smallest absolute Gasteiger partial charge is 0.224 e. The van der Waals surface area contributed by atoms with E-state index in [1.165, 1.54) is 5.56 Å². The van der Waals surface area contributed by atoms with Gasteiger partial charge in [-0.25, -0.2) is 0 Å². The van der Waals surface area contributed by atoms with Crippen LogP contribution in [-0.2, 0) is 17.8 Å². The molecule has 0 saturated carbocycles. The van der Waals surface area contributed by atoms with Gasteiger partial charge in [0, 0.05) is 37.3 Å². The topological polar surface area (TPSA) is 65.5 Å². The number of nitrogens with one attached hydrogen (secondary N) is 3. The highest BCUT2D eigenvalue weighted by atomic mass is 127. The fraction of sp³-hybridized carbons (Fsp3) is 0.333. The Morgan fingerprint density at radius 1 is 1.07 bits per heavy atom. The van der Waals surface area contributed by atoms with Crippen LogP contribution in [0.5, 0.6) is 0 Å². The van der Waals surface area contributed by atoms with Gasteiger partial charge in [-0.2, -0.15) is 0 Å². The lowest BCUT2D eigenvalue weighted by atomic mass is 10.1. The van der Waals surface area contributed by atoms with Gasteiger partial charge in [-0.1, -0.05) is 42.8 Å². The molecule has 0 aliphatic heterocycles. The maximum atomic E-state index is 11.7. The van der Waals surface area contributed by atoms with Gasteiger partial charge in [0.05, 0.1) is 0 Å². The van der Waals surface area contributed by atoms with Crippen LogP contribution in [0, 0.1) is 0 Å². The van der Waals surface area contributed by atoms with Gasteiger partial charge in [0.2, 0.25) is 5.91 Å². The number of hydrogen-bond donors (Lipinski definition) is 3. The molecule has 0 heterocycles. The van der Waals surface area contributed by atoms with Crippen LogP contribution in [0.1, 0.15) is 30.9 Å². The van der Waals surface area contributed by atoms with Gasteiger partial charge in [-0.3, -0.25) is 9.79 Å². The van der Waals surface area contributed by atoms with Crippen LogP contribution in [-0.4, -0.2) is 25.5 Å². The fourth-order valence-electron chi connectivity index (χ4n) is 2.59. The van der Waals surface area contributed by atoms with Crippen LogP contribution in [0.15, 0.2) is 53.5 Å². The normalized spacial score (nSPS) is 10.8. The molecule has 2 aromatic carbocycles. The Labute approximate surface area is 189 Å². The Morgan fingerprint density at radius 2 is 1.82 bits per heavy atom. The number of amides is 1. The van der Waals surface area contributed by atoms with Crippen LogP contribution in [0.3, 0.4) is 0 Å². The summed E-state index contributed by atoms with van der Waals surface area (Å²) < 4.78 is 0. The van der Waals surface area contributed by atoms with Gasteiger partial charge >= 0.3 is 0 Å². The molecule has 0 atom stereocenters. The number of benzene rings is 2. The molecule has 2 aromatic rings. The van der Waals surface area contributed by atoms with E-state index in [1.807, 2.05) is 55.5 Å². The number of hydrogen-bond acceptors (Lipinski definition) is 2. The molecule has 1 amide bonds. The molecule has 3 N–H and O–H groups in total. The summed E-state index contributed by atoms with van der Waals surface area (Å²) in [6, 6.07) is 15.7. The Hall–Kier alpha value is -1.80. The summed E-state index contributed by atoms with van der Waals surface area (Å²) in [5.41, 5.74) is 3.11. The molecular formula is C21H28ClIN4O. The highest BCUT2D eigenvalue weighted by molar-refractivity contribution is 14.0. The second-order valence-electron chi connectivity index (χ2n) is 6.23. The van der Waals surface area contributed by atoms with E-state index in [4.69, 9.17) is 11.6 Å². The van der Waals surface area contributed by atoms with Crippen molar-refractivity contribution >= 4 is 53.1 Å². The highest BCUT2D eigenvalue weighted by Crippen LogP contribution is 2.11. The molecule has 2 rings (SSSR count). The lowest BCUT2D eigenvalue weighted by molar-refractivity contribution is -0.116. The van der Waals surface area contributed by atoms with E-state index < -0.39 is 0 Å². The van der Waals surface area contributed by atoms with Crippen molar-refractivity contribution in [2.75, 3.05) is 18.9 Å². The van der Waals surface area contributed by atoms with Crippen molar-refractivity contribution in [3.63, 3.8) is 0 Å².